The molecule has 2 aromatic heterocycles. The molecule has 7 nitrogen and oxygen atoms in total. The van der Waals surface area contributed by atoms with E-state index >= 15 is 0 Å². The van der Waals surface area contributed by atoms with E-state index in [0.29, 0.717) is 5.76 Å². The Kier molecular flexibility index (Phi) is 4.42. The lowest BCUT2D eigenvalue weighted by molar-refractivity contribution is -0.136. The summed E-state index contributed by atoms with van der Waals surface area (Å²) in [7, 11) is 0. The molecule has 2 N–H and O–H groups in total. The smallest absolute Gasteiger partial charge is 0.314 e. The minimum Gasteiger partial charge on any atom is -0.472 e. The lowest BCUT2D eigenvalue weighted by Gasteiger charge is -2.05. The quantitative estimate of drug-likeness (QED) is 0.718. The number of aryl methyl sites for hydroxylation is 1. The van der Waals surface area contributed by atoms with E-state index in [1.807, 2.05) is 30.3 Å². The van der Waals surface area contributed by atoms with Crippen molar-refractivity contribution in [2.45, 2.75) is 13.5 Å². The average Bonchev–Trinajstić information content (AvgIpc) is 3.25. The molecule has 122 valence electrons. The third kappa shape index (κ3) is 3.70. The number of hydrogen-bond acceptors (Lipinski definition) is 5. The highest BCUT2D eigenvalue weighted by Crippen LogP contribution is 2.19. The van der Waals surface area contributed by atoms with Crippen molar-refractivity contribution < 1.29 is 18.5 Å². The number of carbonyl (C=O) groups is 2. The molecular formula is C17H15N3O4. The van der Waals surface area contributed by atoms with Gasteiger partial charge in [0.1, 0.15) is 5.76 Å². The minimum absolute atomic E-state index is 0.206. The first kappa shape index (κ1) is 15.5. The second kappa shape index (κ2) is 6.82. The normalized spacial score (nSPS) is 10.4. The van der Waals surface area contributed by atoms with Crippen LogP contribution in [0.4, 0.5) is 5.82 Å². The standard InChI is InChI=1S/C17H15N3O4/c1-11-8-15(20-24-11)19-17(22)16(21)18-9-12-2-4-13(5-3-12)14-6-7-23-10-14/h2-8,10H,9H2,1H3,(H,18,21)(H,19,20,22). The van der Waals surface area contributed by atoms with Crippen LogP contribution in [0, 0.1) is 6.92 Å². The predicted molar refractivity (Wildman–Crippen MR) is 85.9 cm³/mol. The minimum atomic E-state index is -0.793. The van der Waals surface area contributed by atoms with Crippen molar-refractivity contribution >= 4 is 17.6 Å². The monoisotopic (exact) mass is 325 g/mol. The number of anilines is 1. The van der Waals surface area contributed by atoms with E-state index < -0.39 is 11.8 Å². The average molecular weight is 325 g/mol. The fourth-order valence-corrected chi connectivity index (χ4v) is 2.10. The zero-order valence-electron chi connectivity index (χ0n) is 12.9. The van der Waals surface area contributed by atoms with Gasteiger partial charge in [-0.2, -0.15) is 0 Å². The van der Waals surface area contributed by atoms with Crippen molar-refractivity contribution in [3.63, 3.8) is 0 Å². The summed E-state index contributed by atoms with van der Waals surface area (Å²) in [4.78, 5) is 23.5. The Labute approximate surface area is 137 Å². The predicted octanol–water partition coefficient (Wildman–Crippen LogP) is 2.50. The lowest BCUT2D eigenvalue weighted by atomic mass is 10.1. The summed E-state index contributed by atoms with van der Waals surface area (Å²) in [5, 5.41) is 8.51. The van der Waals surface area contributed by atoms with Crippen LogP contribution in [0.25, 0.3) is 11.1 Å². The molecule has 0 saturated carbocycles. The van der Waals surface area contributed by atoms with E-state index in [2.05, 4.69) is 15.8 Å². The molecule has 24 heavy (non-hydrogen) atoms. The Hall–Kier alpha value is -3.35. The Morgan fingerprint density at radius 2 is 1.88 bits per heavy atom. The fraction of sp³-hybridized carbons (Fsp3) is 0.118. The summed E-state index contributed by atoms with van der Waals surface area (Å²) in [6.45, 7) is 1.94. The van der Waals surface area contributed by atoms with E-state index in [9.17, 15) is 9.59 Å². The first-order valence-electron chi connectivity index (χ1n) is 7.26. The second-order valence-electron chi connectivity index (χ2n) is 5.17. The van der Waals surface area contributed by atoms with Gasteiger partial charge in [0.25, 0.3) is 0 Å². The van der Waals surface area contributed by atoms with E-state index in [1.165, 1.54) is 6.07 Å². The molecule has 0 fully saturated rings. The lowest BCUT2D eigenvalue weighted by Crippen LogP contribution is -2.35. The molecule has 1 aromatic carbocycles. The first-order chi connectivity index (χ1) is 11.6. The van der Waals surface area contributed by atoms with Crippen molar-refractivity contribution in [2.24, 2.45) is 0 Å². The molecule has 0 radical (unpaired) electrons. The van der Waals surface area contributed by atoms with Crippen molar-refractivity contribution in [2.75, 3.05) is 5.32 Å². The number of rotatable bonds is 4. The Bertz CT molecular complexity index is 835. The maximum atomic E-state index is 11.8. The molecule has 0 atom stereocenters. The third-order valence-electron chi connectivity index (χ3n) is 3.34. The number of aromatic nitrogens is 1. The molecule has 0 saturated heterocycles. The summed E-state index contributed by atoms with van der Waals surface area (Å²) < 4.78 is 9.85. The number of nitrogens with one attached hydrogen (secondary N) is 2. The van der Waals surface area contributed by atoms with Crippen LogP contribution in [0.5, 0.6) is 0 Å². The molecule has 0 aliphatic carbocycles. The maximum absolute atomic E-state index is 11.8. The van der Waals surface area contributed by atoms with Crippen LogP contribution >= 0.6 is 0 Å². The SMILES string of the molecule is Cc1cc(NC(=O)C(=O)NCc2ccc(-c3ccoc3)cc2)no1. The largest absolute Gasteiger partial charge is 0.472 e. The Balaban J connectivity index is 1.53. The van der Waals surface area contributed by atoms with Crippen LogP contribution in [0.1, 0.15) is 11.3 Å². The van der Waals surface area contributed by atoms with E-state index in [0.717, 1.165) is 16.7 Å². The molecule has 2 amide bonds. The van der Waals surface area contributed by atoms with Gasteiger partial charge in [-0.25, -0.2) is 0 Å². The summed E-state index contributed by atoms with van der Waals surface area (Å²) in [6, 6.07) is 11.0. The van der Waals surface area contributed by atoms with Crippen molar-refractivity contribution in [3.8, 4) is 11.1 Å². The summed E-state index contributed by atoms with van der Waals surface area (Å²) >= 11 is 0. The van der Waals surface area contributed by atoms with Gasteiger partial charge in [0.15, 0.2) is 5.82 Å². The molecule has 0 aliphatic rings. The maximum Gasteiger partial charge on any atom is 0.314 e. The van der Waals surface area contributed by atoms with Crippen LogP contribution in [-0.2, 0) is 16.1 Å². The first-order valence-corrected chi connectivity index (χ1v) is 7.26. The van der Waals surface area contributed by atoms with Gasteiger partial charge in [-0.1, -0.05) is 29.4 Å². The Morgan fingerprint density at radius 1 is 1.08 bits per heavy atom. The van der Waals surface area contributed by atoms with Gasteiger partial charge in [-0.05, 0) is 24.1 Å². The van der Waals surface area contributed by atoms with E-state index in [4.69, 9.17) is 8.94 Å². The molecule has 0 unspecified atom stereocenters. The molecular weight excluding hydrogens is 310 g/mol. The second-order valence-corrected chi connectivity index (χ2v) is 5.17. The number of furan rings is 1. The summed E-state index contributed by atoms with van der Waals surface area (Å²) in [5.74, 6) is -0.784. The van der Waals surface area contributed by atoms with Crippen LogP contribution in [-0.4, -0.2) is 17.0 Å². The highest BCUT2D eigenvalue weighted by atomic mass is 16.5. The van der Waals surface area contributed by atoms with Gasteiger partial charge in [0, 0.05) is 18.2 Å². The summed E-state index contributed by atoms with van der Waals surface area (Å²) in [6.07, 6.45) is 3.27. The van der Waals surface area contributed by atoms with Crippen LogP contribution in [0.15, 0.2) is 57.9 Å². The zero-order chi connectivity index (χ0) is 16.9. The number of carbonyl (C=O) groups excluding carboxylic acids is 2. The molecule has 0 spiro atoms. The van der Waals surface area contributed by atoms with Crippen LogP contribution in [0.3, 0.4) is 0 Å². The molecule has 3 aromatic rings. The number of amides is 2. The van der Waals surface area contributed by atoms with Gasteiger partial charge in [-0.3, -0.25) is 14.9 Å². The highest BCUT2D eigenvalue weighted by molar-refractivity contribution is 6.39. The van der Waals surface area contributed by atoms with Crippen molar-refractivity contribution in [1.82, 2.24) is 10.5 Å². The fourth-order valence-electron chi connectivity index (χ4n) is 2.10. The van der Waals surface area contributed by atoms with Crippen molar-refractivity contribution in [3.05, 3.63) is 60.2 Å². The molecule has 3 rings (SSSR count). The number of hydrogen-bond donors (Lipinski definition) is 2. The molecule has 2 heterocycles. The summed E-state index contributed by atoms with van der Waals surface area (Å²) in [5.41, 5.74) is 2.87. The van der Waals surface area contributed by atoms with Crippen molar-refractivity contribution in [1.29, 1.82) is 0 Å². The topological polar surface area (TPSA) is 97.4 Å². The Morgan fingerprint density at radius 3 is 2.50 bits per heavy atom. The number of nitrogens with zero attached hydrogens (tertiary/aromatic N) is 1. The van der Waals surface area contributed by atoms with Gasteiger partial charge in [0.2, 0.25) is 0 Å². The highest BCUT2D eigenvalue weighted by Gasteiger charge is 2.15. The van der Waals surface area contributed by atoms with Gasteiger partial charge in [-0.15, -0.1) is 0 Å². The zero-order valence-corrected chi connectivity index (χ0v) is 12.9. The van der Waals surface area contributed by atoms with E-state index in [1.54, 1.807) is 19.5 Å². The van der Waals surface area contributed by atoms with Crippen LogP contribution < -0.4 is 10.6 Å². The van der Waals surface area contributed by atoms with Crippen LogP contribution in [0.2, 0.25) is 0 Å². The molecule has 0 aliphatic heterocycles. The van der Waals surface area contributed by atoms with Gasteiger partial charge in [0.05, 0.1) is 12.5 Å². The number of benzene rings is 1. The van der Waals surface area contributed by atoms with Gasteiger partial charge < -0.3 is 14.3 Å². The molecule has 0 bridgehead atoms. The third-order valence-corrected chi connectivity index (χ3v) is 3.34. The van der Waals surface area contributed by atoms with E-state index in [-0.39, 0.29) is 12.4 Å². The van der Waals surface area contributed by atoms with Gasteiger partial charge >= 0.3 is 11.8 Å². The molecule has 7 heteroatoms.